The van der Waals surface area contributed by atoms with E-state index in [2.05, 4.69) is 14.9 Å². The first-order chi connectivity index (χ1) is 7.25. The lowest BCUT2D eigenvalue weighted by Crippen LogP contribution is -2.24. The van der Waals surface area contributed by atoms with Crippen LogP contribution in [0.5, 0.6) is 0 Å². The van der Waals surface area contributed by atoms with Crippen LogP contribution in [0.2, 0.25) is 0 Å². The molecule has 1 aliphatic carbocycles. The van der Waals surface area contributed by atoms with Gasteiger partial charge in [0.1, 0.15) is 11.4 Å². The number of aliphatic hydroxyl groups is 1. The molecule has 0 saturated heterocycles. The minimum Gasteiger partial charge on any atom is -0.393 e. The van der Waals surface area contributed by atoms with Crippen molar-refractivity contribution < 1.29 is 14.5 Å². The zero-order chi connectivity index (χ0) is 10.7. The number of aromatic nitrogens is 2. The van der Waals surface area contributed by atoms with Gasteiger partial charge in [-0.2, -0.15) is 0 Å². The normalized spacial score (nSPS) is 26.8. The molecule has 5 nitrogen and oxygen atoms in total. The van der Waals surface area contributed by atoms with Crippen molar-refractivity contribution in [1.29, 1.82) is 0 Å². The summed E-state index contributed by atoms with van der Waals surface area (Å²) >= 11 is 0. The summed E-state index contributed by atoms with van der Waals surface area (Å²) < 4.78 is 10.3. The van der Waals surface area contributed by atoms with E-state index in [9.17, 15) is 5.11 Å². The van der Waals surface area contributed by atoms with Gasteiger partial charge in [-0.25, -0.2) is 4.63 Å². The second-order valence-corrected chi connectivity index (χ2v) is 4.04. The van der Waals surface area contributed by atoms with E-state index in [0.717, 1.165) is 37.1 Å². The molecule has 0 amide bonds. The standard InChI is InChI=1S/C10H16N2O3/c1-7-10(12-15-11-7)6-14-9-4-2-8(13)3-5-9/h8-9,13H,2-6H2,1H3. The third-order valence-electron chi connectivity index (χ3n) is 2.85. The Bertz CT molecular complexity index is 305. The lowest BCUT2D eigenvalue weighted by atomic mass is 9.95. The van der Waals surface area contributed by atoms with Gasteiger partial charge in [0, 0.05) is 0 Å². The Hall–Kier alpha value is -0.940. The monoisotopic (exact) mass is 212 g/mol. The molecule has 15 heavy (non-hydrogen) atoms. The first kappa shape index (κ1) is 10.6. The summed E-state index contributed by atoms with van der Waals surface area (Å²) in [5.41, 5.74) is 1.55. The fraction of sp³-hybridized carbons (Fsp3) is 0.800. The summed E-state index contributed by atoms with van der Waals surface area (Å²) in [5.74, 6) is 0. The third kappa shape index (κ3) is 2.76. The van der Waals surface area contributed by atoms with Gasteiger partial charge in [-0.15, -0.1) is 0 Å². The first-order valence-corrected chi connectivity index (χ1v) is 5.33. The van der Waals surface area contributed by atoms with Crippen molar-refractivity contribution in [2.24, 2.45) is 0 Å². The molecule has 0 aliphatic heterocycles. The van der Waals surface area contributed by atoms with E-state index in [1.54, 1.807) is 0 Å². The highest BCUT2D eigenvalue weighted by atomic mass is 16.6. The summed E-state index contributed by atoms with van der Waals surface area (Å²) in [5, 5.41) is 16.8. The summed E-state index contributed by atoms with van der Waals surface area (Å²) in [6, 6.07) is 0. The predicted octanol–water partition coefficient (Wildman–Crippen LogP) is 1.20. The molecule has 1 saturated carbocycles. The molecule has 1 N–H and O–H groups in total. The molecule has 0 bridgehead atoms. The van der Waals surface area contributed by atoms with Crippen molar-refractivity contribution in [1.82, 2.24) is 10.3 Å². The number of rotatable bonds is 3. The molecule has 0 radical (unpaired) electrons. The smallest absolute Gasteiger partial charge is 0.133 e. The Balaban J connectivity index is 1.77. The van der Waals surface area contributed by atoms with Gasteiger partial charge in [0.05, 0.1) is 18.8 Å². The van der Waals surface area contributed by atoms with Crippen LogP contribution in [0.3, 0.4) is 0 Å². The van der Waals surface area contributed by atoms with E-state index in [0.29, 0.717) is 6.61 Å². The average Bonchev–Trinajstić information content (AvgIpc) is 2.63. The zero-order valence-electron chi connectivity index (χ0n) is 8.85. The fourth-order valence-corrected chi connectivity index (χ4v) is 1.79. The molecule has 5 heteroatoms. The van der Waals surface area contributed by atoms with Crippen molar-refractivity contribution in [2.45, 2.75) is 51.4 Å². The number of hydrogen-bond acceptors (Lipinski definition) is 5. The molecular weight excluding hydrogens is 196 g/mol. The maximum Gasteiger partial charge on any atom is 0.133 e. The van der Waals surface area contributed by atoms with Crippen molar-refractivity contribution in [3.63, 3.8) is 0 Å². The van der Waals surface area contributed by atoms with Crippen LogP contribution in [0.1, 0.15) is 37.1 Å². The Morgan fingerprint density at radius 2 is 2.07 bits per heavy atom. The van der Waals surface area contributed by atoms with Gasteiger partial charge in [-0.1, -0.05) is 10.3 Å². The number of hydrogen-bond donors (Lipinski definition) is 1. The summed E-state index contributed by atoms with van der Waals surface area (Å²) in [4.78, 5) is 0. The summed E-state index contributed by atoms with van der Waals surface area (Å²) in [6.45, 7) is 2.30. The van der Waals surface area contributed by atoms with E-state index in [1.807, 2.05) is 6.92 Å². The first-order valence-electron chi connectivity index (χ1n) is 5.33. The van der Waals surface area contributed by atoms with Crippen molar-refractivity contribution in [3.8, 4) is 0 Å². The molecule has 0 aromatic carbocycles. The molecule has 2 rings (SSSR count). The topological polar surface area (TPSA) is 68.4 Å². The molecule has 1 aromatic rings. The van der Waals surface area contributed by atoms with E-state index < -0.39 is 0 Å². The lowest BCUT2D eigenvalue weighted by Gasteiger charge is -2.25. The maximum atomic E-state index is 9.33. The Labute approximate surface area is 88.4 Å². The second kappa shape index (κ2) is 4.72. The van der Waals surface area contributed by atoms with E-state index in [4.69, 9.17) is 4.74 Å². The number of aliphatic hydroxyl groups excluding tert-OH is 1. The molecule has 1 fully saturated rings. The van der Waals surface area contributed by atoms with Gasteiger partial charge in [0.25, 0.3) is 0 Å². The van der Waals surface area contributed by atoms with E-state index in [-0.39, 0.29) is 12.2 Å². The van der Waals surface area contributed by atoms with Crippen molar-refractivity contribution >= 4 is 0 Å². The van der Waals surface area contributed by atoms with E-state index in [1.165, 1.54) is 0 Å². The third-order valence-corrected chi connectivity index (χ3v) is 2.85. The van der Waals surface area contributed by atoms with Gasteiger partial charge in [0.2, 0.25) is 0 Å². The molecule has 84 valence electrons. The molecule has 1 aliphatic rings. The minimum absolute atomic E-state index is 0.139. The van der Waals surface area contributed by atoms with Gasteiger partial charge in [-0.05, 0) is 32.6 Å². The zero-order valence-corrected chi connectivity index (χ0v) is 8.85. The highest BCUT2D eigenvalue weighted by Crippen LogP contribution is 2.21. The Morgan fingerprint density at radius 3 is 2.67 bits per heavy atom. The van der Waals surface area contributed by atoms with Gasteiger partial charge in [0.15, 0.2) is 0 Å². The fourth-order valence-electron chi connectivity index (χ4n) is 1.79. The van der Waals surface area contributed by atoms with Gasteiger partial charge >= 0.3 is 0 Å². The number of ether oxygens (including phenoxy) is 1. The lowest BCUT2D eigenvalue weighted by molar-refractivity contribution is -0.0138. The number of nitrogens with zero attached hydrogens (tertiary/aromatic N) is 2. The highest BCUT2D eigenvalue weighted by molar-refractivity contribution is 5.02. The second-order valence-electron chi connectivity index (χ2n) is 4.04. The van der Waals surface area contributed by atoms with Gasteiger partial charge in [-0.3, -0.25) is 0 Å². The maximum absolute atomic E-state index is 9.33. The van der Waals surface area contributed by atoms with Crippen LogP contribution in [0.15, 0.2) is 4.63 Å². The molecule has 0 atom stereocenters. The van der Waals surface area contributed by atoms with Gasteiger partial charge < -0.3 is 9.84 Å². The molecule has 1 heterocycles. The van der Waals surface area contributed by atoms with Crippen LogP contribution in [0.25, 0.3) is 0 Å². The minimum atomic E-state index is -0.139. The van der Waals surface area contributed by atoms with Crippen LogP contribution in [-0.4, -0.2) is 27.6 Å². The summed E-state index contributed by atoms with van der Waals surface area (Å²) in [7, 11) is 0. The molecule has 0 spiro atoms. The quantitative estimate of drug-likeness (QED) is 0.815. The molecular formula is C10H16N2O3. The summed E-state index contributed by atoms with van der Waals surface area (Å²) in [6.07, 6.45) is 3.61. The van der Waals surface area contributed by atoms with Crippen molar-refractivity contribution in [3.05, 3.63) is 11.4 Å². The number of aryl methyl sites for hydroxylation is 1. The van der Waals surface area contributed by atoms with Crippen LogP contribution in [-0.2, 0) is 11.3 Å². The van der Waals surface area contributed by atoms with Crippen molar-refractivity contribution in [2.75, 3.05) is 0 Å². The molecule has 1 aromatic heterocycles. The SMILES string of the molecule is Cc1nonc1COC1CCC(O)CC1. The van der Waals surface area contributed by atoms with Crippen LogP contribution >= 0.6 is 0 Å². The predicted molar refractivity (Wildman–Crippen MR) is 52.1 cm³/mol. The van der Waals surface area contributed by atoms with Crippen LogP contribution in [0, 0.1) is 6.92 Å². The van der Waals surface area contributed by atoms with Crippen LogP contribution in [0.4, 0.5) is 0 Å². The van der Waals surface area contributed by atoms with E-state index >= 15 is 0 Å². The average molecular weight is 212 g/mol. The van der Waals surface area contributed by atoms with Crippen LogP contribution < -0.4 is 0 Å². The molecule has 0 unspecified atom stereocenters. The largest absolute Gasteiger partial charge is 0.393 e. The Morgan fingerprint density at radius 1 is 1.33 bits per heavy atom. The highest BCUT2D eigenvalue weighted by Gasteiger charge is 2.20. The Kier molecular flexibility index (Phi) is 3.33.